The second-order valence-corrected chi connectivity index (χ2v) is 8.28. The molecule has 0 aliphatic carbocycles. The van der Waals surface area contributed by atoms with Crippen molar-refractivity contribution in [2.24, 2.45) is 0 Å². The molecule has 1 heterocycles. The van der Waals surface area contributed by atoms with Crippen LogP contribution in [-0.2, 0) is 16.2 Å². The van der Waals surface area contributed by atoms with Gasteiger partial charge in [0.2, 0.25) is 0 Å². The van der Waals surface area contributed by atoms with Crippen molar-refractivity contribution in [3.05, 3.63) is 76.0 Å². The van der Waals surface area contributed by atoms with Crippen LogP contribution in [0.1, 0.15) is 16.1 Å². The lowest BCUT2D eigenvalue weighted by Gasteiger charge is -2.10. The minimum Gasteiger partial charge on any atom is -0.305 e. The van der Waals surface area contributed by atoms with Gasteiger partial charge in [0, 0.05) is 11.9 Å². The average Bonchev–Trinajstić information content (AvgIpc) is 3.10. The molecule has 0 aliphatic rings. The van der Waals surface area contributed by atoms with Crippen molar-refractivity contribution in [1.29, 1.82) is 0 Å². The molecule has 1 aromatic heterocycles. The first-order chi connectivity index (χ1) is 13.9. The van der Waals surface area contributed by atoms with Crippen LogP contribution in [0.15, 0.2) is 53.8 Å². The van der Waals surface area contributed by atoms with Crippen LogP contribution in [0.25, 0.3) is 5.69 Å². The molecule has 0 unspecified atom stereocenters. The molecule has 0 aliphatic heterocycles. The molecular formula is C17H9Cl2F4N3O3S. The highest BCUT2D eigenvalue weighted by molar-refractivity contribution is 7.90. The molecule has 3 aromatic rings. The molecule has 6 nitrogen and oxygen atoms in total. The number of rotatable bonds is 4. The average molecular weight is 482 g/mol. The molecule has 30 heavy (non-hydrogen) atoms. The standard InChI is InChI=1S/C17H9Cl2F4N3O3S/c18-12-2-1-3-13(19)15(12)30(28,29)25-16(27)14-7-26(8-24-14)11-5-9(17(21,22)23)4-10(20)6-11/h1-8H,(H,25,27). The van der Waals surface area contributed by atoms with Gasteiger partial charge in [-0.3, -0.25) is 4.79 Å². The molecule has 0 saturated carbocycles. The summed E-state index contributed by atoms with van der Waals surface area (Å²) in [7, 11) is -4.48. The molecule has 0 fully saturated rings. The van der Waals surface area contributed by atoms with E-state index in [1.165, 1.54) is 18.2 Å². The Bertz CT molecular complexity index is 1220. The van der Waals surface area contributed by atoms with E-state index in [2.05, 4.69) is 4.98 Å². The molecule has 1 amide bonds. The van der Waals surface area contributed by atoms with E-state index in [1.54, 1.807) is 4.72 Å². The summed E-state index contributed by atoms with van der Waals surface area (Å²) in [4.78, 5) is 15.4. The van der Waals surface area contributed by atoms with Crippen molar-refractivity contribution in [3.63, 3.8) is 0 Å². The van der Waals surface area contributed by atoms with Crippen LogP contribution in [0, 0.1) is 5.82 Å². The third kappa shape index (κ3) is 4.58. The van der Waals surface area contributed by atoms with Gasteiger partial charge in [-0.2, -0.15) is 13.2 Å². The minimum atomic E-state index is -4.79. The molecule has 0 saturated heterocycles. The predicted molar refractivity (Wildman–Crippen MR) is 99.6 cm³/mol. The first kappa shape index (κ1) is 22.1. The molecule has 0 spiro atoms. The SMILES string of the molecule is O=C(NS(=O)(=O)c1c(Cl)cccc1Cl)c1cn(-c2cc(F)cc(C(F)(F)F)c2)cn1. The highest BCUT2D eigenvalue weighted by Gasteiger charge is 2.31. The predicted octanol–water partition coefficient (Wildman–Crippen LogP) is 4.46. The molecule has 0 atom stereocenters. The Balaban J connectivity index is 1.90. The Kier molecular flexibility index (Phi) is 5.81. The number of nitrogens with one attached hydrogen (secondary N) is 1. The van der Waals surface area contributed by atoms with Crippen molar-refractivity contribution in [3.8, 4) is 5.69 Å². The molecule has 1 N–H and O–H groups in total. The van der Waals surface area contributed by atoms with Gasteiger partial charge < -0.3 is 4.57 Å². The number of hydrogen-bond acceptors (Lipinski definition) is 4. The third-order valence-electron chi connectivity index (χ3n) is 3.74. The first-order valence-electron chi connectivity index (χ1n) is 7.82. The maximum atomic E-state index is 13.6. The lowest BCUT2D eigenvalue weighted by molar-refractivity contribution is -0.137. The topological polar surface area (TPSA) is 81.1 Å². The normalized spacial score (nSPS) is 12.1. The van der Waals surface area contributed by atoms with Gasteiger partial charge in [-0.15, -0.1) is 0 Å². The Labute approximate surface area is 177 Å². The van der Waals surface area contributed by atoms with E-state index in [1.807, 2.05) is 0 Å². The van der Waals surface area contributed by atoms with Gasteiger partial charge in [0.25, 0.3) is 15.9 Å². The highest BCUT2D eigenvalue weighted by atomic mass is 35.5. The minimum absolute atomic E-state index is 0.229. The fourth-order valence-electron chi connectivity index (χ4n) is 2.43. The third-order valence-corrected chi connectivity index (χ3v) is 6.02. The van der Waals surface area contributed by atoms with Crippen LogP contribution < -0.4 is 4.72 Å². The monoisotopic (exact) mass is 481 g/mol. The fraction of sp³-hybridized carbons (Fsp3) is 0.0588. The molecule has 0 radical (unpaired) electrons. The summed E-state index contributed by atoms with van der Waals surface area (Å²) in [6.07, 6.45) is -2.92. The van der Waals surface area contributed by atoms with Gasteiger partial charge >= 0.3 is 6.18 Å². The molecule has 0 bridgehead atoms. The van der Waals surface area contributed by atoms with Gasteiger partial charge in [0.05, 0.1) is 15.6 Å². The number of carbonyl (C=O) groups is 1. The van der Waals surface area contributed by atoms with E-state index >= 15 is 0 Å². The smallest absolute Gasteiger partial charge is 0.305 e. The van der Waals surface area contributed by atoms with E-state index < -0.39 is 44.1 Å². The van der Waals surface area contributed by atoms with Crippen LogP contribution in [0.2, 0.25) is 10.0 Å². The van der Waals surface area contributed by atoms with Crippen LogP contribution in [0.3, 0.4) is 0 Å². The molecule has 158 valence electrons. The zero-order valence-corrected chi connectivity index (χ0v) is 16.7. The van der Waals surface area contributed by atoms with Crippen molar-refractivity contribution in [2.75, 3.05) is 0 Å². The Morgan fingerprint density at radius 3 is 2.33 bits per heavy atom. The van der Waals surface area contributed by atoms with Crippen molar-refractivity contribution in [2.45, 2.75) is 11.1 Å². The summed E-state index contributed by atoms with van der Waals surface area (Å²) in [6.45, 7) is 0. The number of sulfonamides is 1. The number of carbonyl (C=O) groups excluding carboxylic acids is 1. The number of halogens is 6. The maximum Gasteiger partial charge on any atom is 0.416 e. The molecule has 3 rings (SSSR count). The zero-order chi connectivity index (χ0) is 22.3. The highest BCUT2D eigenvalue weighted by Crippen LogP contribution is 2.31. The van der Waals surface area contributed by atoms with Gasteiger partial charge in [0.1, 0.15) is 22.7 Å². The number of benzene rings is 2. The van der Waals surface area contributed by atoms with Crippen LogP contribution in [-0.4, -0.2) is 23.9 Å². The number of alkyl halides is 3. The Morgan fingerprint density at radius 2 is 1.73 bits per heavy atom. The van der Waals surface area contributed by atoms with E-state index in [0.717, 1.165) is 23.2 Å². The van der Waals surface area contributed by atoms with Crippen molar-refractivity contribution in [1.82, 2.24) is 14.3 Å². The number of nitrogens with zero attached hydrogens (tertiary/aromatic N) is 2. The Hall–Kier alpha value is -2.63. The number of hydrogen-bond donors (Lipinski definition) is 1. The van der Waals surface area contributed by atoms with E-state index in [-0.39, 0.29) is 15.7 Å². The van der Waals surface area contributed by atoms with E-state index in [0.29, 0.717) is 12.1 Å². The lowest BCUT2D eigenvalue weighted by atomic mass is 10.2. The Morgan fingerprint density at radius 1 is 1.10 bits per heavy atom. The quantitative estimate of drug-likeness (QED) is 0.558. The maximum absolute atomic E-state index is 13.6. The van der Waals surface area contributed by atoms with E-state index in [9.17, 15) is 30.8 Å². The van der Waals surface area contributed by atoms with Crippen LogP contribution >= 0.6 is 23.2 Å². The van der Waals surface area contributed by atoms with E-state index in [4.69, 9.17) is 23.2 Å². The van der Waals surface area contributed by atoms with Gasteiger partial charge in [-0.25, -0.2) is 22.5 Å². The first-order valence-corrected chi connectivity index (χ1v) is 10.1. The number of amides is 1. The largest absolute Gasteiger partial charge is 0.416 e. The summed E-state index contributed by atoms with van der Waals surface area (Å²) in [5, 5.41) is -0.458. The summed E-state index contributed by atoms with van der Waals surface area (Å²) >= 11 is 11.7. The second kappa shape index (κ2) is 7.89. The number of aromatic nitrogens is 2. The summed E-state index contributed by atoms with van der Waals surface area (Å²) in [5.41, 5.74) is -1.97. The van der Waals surface area contributed by atoms with Gasteiger partial charge in [-0.05, 0) is 30.3 Å². The van der Waals surface area contributed by atoms with Gasteiger partial charge in [0.15, 0.2) is 0 Å². The van der Waals surface area contributed by atoms with Crippen molar-refractivity contribution >= 4 is 39.1 Å². The molecule has 13 heteroatoms. The van der Waals surface area contributed by atoms with Crippen LogP contribution in [0.5, 0.6) is 0 Å². The fourth-order valence-corrected chi connectivity index (χ4v) is 4.54. The number of imidazole rings is 1. The molecule has 2 aromatic carbocycles. The molecular weight excluding hydrogens is 473 g/mol. The summed E-state index contributed by atoms with van der Waals surface area (Å²) in [6, 6.07) is 5.66. The van der Waals surface area contributed by atoms with Crippen LogP contribution in [0.4, 0.5) is 17.6 Å². The second-order valence-electron chi connectivity index (χ2n) is 5.85. The van der Waals surface area contributed by atoms with Crippen molar-refractivity contribution < 1.29 is 30.8 Å². The van der Waals surface area contributed by atoms with Gasteiger partial charge in [-0.1, -0.05) is 29.3 Å². The summed E-state index contributed by atoms with van der Waals surface area (Å²) in [5.74, 6) is -2.35. The lowest BCUT2D eigenvalue weighted by Crippen LogP contribution is -2.31. The zero-order valence-electron chi connectivity index (χ0n) is 14.4. The summed E-state index contributed by atoms with van der Waals surface area (Å²) < 4.78 is 79.7.